The van der Waals surface area contributed by atoms with E-state index in [1.807, 2.05) is 6.08 Å². The van der Waals surface area contributed by atoms with Crippen LogP contribution in [-0.2, 0) is 4.79 Å². The van der Waals surface area contributed by atoms with Crippen molar-refractivity contribution in [1.29, 1.82) is 0 Å². The molecule has 0 aromatic carbocycles. The molecule has 0 heterocycles. The molecule has 0 aromatic heterocycles. The predicted octanol–water partition coefficient (Wildman–Crippen LogP) is 2.93. The number of nitrogens with one attached hydrogen (secondary N) is 1. The molecular formula is C14H28N2O. The van der Waals surface area contributed by atoms with E-state index in [1.165, 1.54) is 19.3 Å². The lowest BCUT2D eigenvalue weighted by molar-refractivity contribution is -0.120. The summed E-state index contributed by atoms with van der Waals surface area (Å²) in [6.07, 6.45) is 9.45. The van der Waals surface area contributed by atoms with E-state index < -0.39 is 0 Å². The van der Waals surface area contributed by atoms with Crippen molar-refractivity contribution < 1.29 is 4.79 Å². The van der Waals surface area contributed by atoms with Gasteiger partial charge in [0, 0.05) is 6.42 Å². The van der Waals surface area contributed by atoms with Gasteiger partial charge in [0.15, 0.2) is 0 Å². The zero-order chi connectivity index (χ0) is 12.9. The summed E-state index contributed by atoms with van der Waals surface area (Å²) in [6.45, 7) is 9.01. The highest BCUT2D eigenvalue weighted by atomic mass is 16.1. The van der Waals surface area contributed by atoms with E-state index in [2.05, 4.69) is 37.1 Å². The number of amides is 1. The van der Waals surface area contributed by atoms with Crippen LogP contribution in [0.25, 0.3) is 0 Å². The van der Waals surface area contributed by atoms with Gasteiger partial charge in [0.2, 0.25) is 5.91 Å². The first-order valence-electron chi connectivity index (χ1n) is 6.88. The summed E-state index contributed by atoms with van der Waals surface area (Å²) >= 11 is 0. The number of unbranched alkanes of at least 4 members (excludes halogenated alkanes) is 3. The summed E-state index contributed by atoms with van der Waals surface area (Å²) in [5.41, 5.74) is 0. The van der Waals surface area contributed by atoms with E-state index in [1.54, 1.807) is 0 Å². The highest BCUT2D eigenvalue weighted by Crippen LogP contribution is 2.00. The van der Waals surface area contributed by atoms with Crippen LogP contribution >= 0.6 is 0 Å². The Balaban J connectivity index is 3.51. The fraction of sp³-hybridized carbons (Fsp3) is 0.786. The Labute approximate surface area is 106 Å². The second kappa shape index (κ2) is 11.6. The SMILES string of the molecule is CCCCC/C=C/CC(=O)NCN(CC)CC. The number of allylic oxidation sites excluding steroid dienone is 1. The zero-order valence-electron chi connectivity index (χ0n) is 11.7. The molecule has 100 valence electrons. The molecule has 0 aromatic rings. The lowest BCUT2D eigenvalue weighted by Gasteiger charge is -2.18. The van der Waals surface area contributed by atoms with Crippen LogP contribution in [0.1, 0.15) is 52.9 Å². The molecule has 1 amide bonds. The van der Waals surface area contributed by atoms with Crippen molar-refractivity contribution in [3.63, 3.8) is 0 Å². The average Bonchev–Trinajstić information content (AvgIpc) is 2.35. The minimum absolute atomic E-state index is 0.114. The van der Waals surface area contributed by atoms with Gasteiger partial charge in [-0.25, -0.2) is 0 Å². The molecule has 3 heteroatoms. The number of hydrogen-bond donors (Lipinski definition) is 1. The third-order valence-corrected chi connectivity index (χ3v) is 2.84. The first kappa shape index (κ1) is 16.2. The summed E-state index contributed by atoms with van der Waals surface area (Å²) < 4.78 is 0. The molecule has 0 bridgehead atoms. The molecule has 0 aliphatic heterocycles. The van der Waals surface area contributed by atoms with Crippen LogP contribution in [0.2, 0.25) is 0 Å². The first-order valence-corrected chi connectivity index (χ1v) is 6.88. The summed E-state index contributed by atoms with van der Waals surface area (Å²) in [7, 11) is 0. The maximum absolute atomic E-state index is 11.5. The fourth-order valence-corrected chi connectivity index (χ4v) is 1.54. The summed E-state index contributed by atoms with van der Waals surface area (Å²) in [4.78, 5) is 13.7. The topological polar surface area (TPSA) is 32.3 Å². The molecule has 0 fully saturated rings. The fourth-order valence-electron chi connectivity index (χ4n) is 1.54. The van der Waals surface area contributed by atoms with Gasteiger partial charge in [0.25, 0.3) is 0 Å². The van der Waals surface area contributed by atoms with Crippen molar-refractivity contribution in [2.45, 2.75) is 52.9 Å². The van der Waals surface area contributed by atoms with Crippen LogP contribution in [0.3, 0.4) is 0 Å². The normalized spacial score (nSPS) is 11.3. The van der Waals surface area contributed by atoms with Gasteiger partial charge in [-0.3, -0.25) is 9.69 Å². The van der Waals surface area contributed by atoms with Gasteiger partial charge in [0.1, 0.15) is 0 Å². The second-order valence-corrected chi connectivity index (χ2v) is 4.23. The minimum Gasteiger partial charge on any atom is -0.343 e. The molecule has 0 saturated carbocycles. The van der Waals surface area contributed by atoms with Crippen molar-refractivity contribution in [2.75, 3.05) is 19.8 Å². The van der Waals surface area contributed by atoms with E-state index in [4.69, 9.17) is 0 Å². The third kappa shape index (κ3) is 10.1. The van der Waals surface area contributed by atoms with Gasteiger partial charge in [-0.2, -0.15) is 0 Å². The van der Waals surface area contributed by atoms with Gasteiger partial charge in [-0.05, 0) is 25.9 Å². The first-order chi connectivity index (χ1) is 8.24. The van der Waals surface area contributed by atoms with E-state index in [-0.39, 0.29) is 5.91 Å². The van der Waals surface area contributed by atoms with Crippen molar-refractivity contribution in [2.24, 2.45) is 0 Å². The van der Waals surface area contributed by atoms with Crippen LogP contribution in [0.15, 0.2) is 12.2 Å². The zero-order valence-corrected chi connectivity index (χ0v) is 11.7. The monoisotopic (exact) mass is 240 g/mol. The Morgan fingerprint density at radius 1 is 1.12 bits per heavy atom. The third-order valence-electron chi connectivity index (χ3n) is 2.84. The average molecular weight is 240 g/mol. The van der Waals surface area contributed by atoms with E-state index >= 15 is 0 Å². The molecule has 0 rings (SSSR count). The molecule has 0 spiro atoms. The standard InChI is InChI=1S/C14H28N2O/c1-4-7-8-9-10-11-12-14(17)15-13-16(5-2)6-3/h10-11H,4-9,12-13H2,1-3H3,(H,15,17)/b11-10+. The van der Waals surface area contributed by atoms with Gasteiger partial charge >= 0.3 is 0 Å². The number of carbonyl (C=O) groups excluding carboxylic acids is 1. The Bertz CT molecular complexity index is 210. The molecule has 17 heavy (non-hydrogen) atoms. The van der Waals surface area contributed by atoms with Crippen molar-refractivity contribution in [1.82, 2.24) is 10.2 Å². The molecular weight excluding hydrogens is 212 g/mol. The molecule has 0 saturated heterocycles. The highest BCUT2D eigenvalue weighted by Gasteiger charge is 2.01. The molecule has 1 N–H and O–H groups in total. The van der Waals surface area contributed by atoms with Crippen LogP contribution in [-0.4, -0.2) is 30.6 Å². The van der Waals surface area contributed by atoms with Gasteiger partial charge in [-0.1, -0.05) is 45.8 Å². The van der Waals surface area contributed by atoms with E-state index in [0.717, 1.165) is 19.5 Å². The lowest BCUT2D eigenvalue weighted by Crippen LogP contribution is -2.37. The molecule has 3 nitrogen and oxygen atoms in total. The van der Waals surface area contributed by atoms with E-state index in [0.29, 0.717) is 13.1 Å². The summed E-state index contributed by atoms with van der Waals surface area (Å²) in [5.74, 6) is 0.114. The van der Waals surface area contributed by atoms with Crippen LogP contribution < -0.4 is 5.32 Å². The quantitative estimate of drug-likeness (QED) is 0.362. The van der Waals surface area contributed by atoms with Crippen molar-refractivity contribution >= 4 is 5.91 Å². The maximum atomic E-state index is 11.5. The Hall–Kier alpha value is -0.830. The molecule has 0 unspecified atom stereocenters. The van der Waals surface area contributed by atoms with Gasteiger partial charge in [0.05, 0.1) is 6.67 Å². The number of rotatable bonds is 10. The lowest BCUT2D eigenvalue weighted by atomic mass is 10.2. The van der Waals surface area contributed by atoms with E-state index in [9.17, 15) is 4.79 Å². The summed E-state index contributed by atoms with van der Waals surface area (Å²) in [5, 5.41) is 2.92. The Morgan fingerprint density at radius 2 is 1.82 bits per heavy atom. The van der Waals surface area contributed by atoms with Crippen LogP contribution in [0.4, 0.5) is 0 Å². The van der Waals surface area contributed by atoms with Gasteiger partial charge < -0.3 is 5.32 Å². The minimum atomic E-state index is 0.114. The predicted molar refractivity (Wildman–Crippen MR) is 73.8 cm³/mol. The molecule has 0 aliphatic carbocycles. The van der Waals surface area contributed by atoms with Crippen molar-refractivity contribution in [3.8, 4) is 0 Å². The summed E-state index contributed by atoms with van der Waals surface area (Å²) in [6, 6.07) is 0. The number of carbonyl (C=O) groups is 1. The molecule has 0 atom stereocenters. The number of nitrogens with zero attached hydrogens (tertiary/aromatic N) is 1. The largest absolute Gasteiger partial charge is 0.343 e. The smallest absolute Gasteiger partial charge is 0.224 e. The van der Waals surface area contributed by atoms with Crippen LogP contribution in [0.5, 0.6) is 0 Å². The second-order valence-electron chi connectivity index (χ2n) is 4.23. The van der Waals surface area contributed by atoms with Crippen LogP contribution in [0, 0.1) is 0 Å². The Morgan fingerprint density at radius 3 is 2.41 bits per heavy atom. The highest BCUT2D eigenvalue weighted by molar-refractivity contribution is 5.77. The van der Waals surface area contributed by atoms with Gasteiger partial charge in [-0.15, -0.1) is 0 Å². The number of hydrogen-bond acceptors (Lipinski definition) is 2. The Kier molecular flexibility index (Phi) is 11.1. The molecule has 0 radical (unpaired) electrons. The maximum Gasteiger partial charge on any atom is 0.224 e. The van der Waals surface area contributed by atoms with Crippen molar-refractivity contribution in [3.05, 3.63) is 12.2 Å². The molecule has 0 aliphatic rings.